The molecule has 0 fully saturated rings. The van der Waals surface area contributed by atoms with Crippen LogP contribution in [0.3, 0.4) is 0 Å². The molecule has 0 saturated heterocycles. The van der Waals surface area contributed by atoms with Gasteiger partial charge in [0.2, 0.25) is 0 Å². The Labute approximate surface area is 127 Å². The maximum atomic E-state index is 12.5. The van der Waals surface area contributed by atoms with Crippen molar-refractivity contribution in [2.75, 3.05) is 13.2 Å². The van der Waals surface area contributed by atoms with Gasteiger partial charge in [0.1, 0.15) is 5.75 Å². The van der Waals surface area contributed by atoms with E-state index in [1.54, 1.807) is 0 Å². The number of benzene rings is 1. The molecule has 0 radical (unpaired) electrons. The smallest absolute Gasteiger partial charge is 0.416 e. The van der Waals surface area contributed by atoms with Crippen molar-refractivity contribution in [1.82, 2.24) is 5.32 Å². The van der Waals surface area contributed by atoms with Gasteiger partial charge >= 0.3 is 6.18 Å². The molecule has 0 saturated carbocycles. The fraction of sp³-hybridized carbons (Fsp3) is 0.462. The van der Waals surface area contributed by atoms with Crippen LogP contribution in [0.5, 0.6) is 5.75 Å². The Bertz CT molecular complexity index is 453. The van der Waals surface area contributed by atoms with Crippen molar-refractivity contribution in [1.29, 1.82) is 0 Å². The Morgan fingerprint density at radius 1 is 1.43 bits per heavy atom. The second-order valence-corrected chi connectivity index (χ2v) is 4.43. The van der Waals surface area contributed by atoms with Crippen molar-refractivity contribution in [2.24, 2.45) is 5.73 Å². The van der Waals surface area contributed by atoms with Crippen molar-refractivity contribution in [3.05, 3.63) is 29.8 Å². The number of carbonyl (C=O) groups excluding carboxylic acids is 1. The van der Waals surface area contributed by atoms with E-state index in [4.69, 9.17) is 10.5 Å². The molecule has 3 N–H and O–H groups in total. The van der Waals surface area contributed by atoms with Crippen LogP contribution in [0.25, 0.3) is 0 Å². The van der Waals surface area contributed by atoms with Crippen LogP contribution in [-0.4, -0.2) is 25.1 Å². The fourth-order valence-corrected chi connectivity index (χ4v) is 1.40. The minimum absolute atomic E-state index is 0. The van der Waals surface area contributed by atoms with Gasteiger partial charge < -0.3 is 15.8 Å². The summed E-state index contributed by atoms with van der Waals surface area (Å²) in [5, 5.41) is 2.56. The second kappa shape index (κ2) is 8.74. The van der Waals surface area contributed by atoms with E-state index in [-0.39, 0.29) is 30.8 Å². The first-order chi connectivity index (χ1) is 9.29. The van der Waals surface area contributed by atoms with Gasteiger partial charge in [0.05, 0.1) is 5.56 Å². The number of hydrogen-bond acceptors (Lipinski definition) is 3. The summed E-state index contributed by atoms with van der Waals surface area (Å²) in [6.45, 7) is 1.88. The second-order valence-electron chi connectivity index (χ2n) is 4.43. The molecule has 0 spiro atoms. The zero-order valence-corrected chi connectivity index (χ0v) is 12.3. The fourth-order valence-electron chi connectivity index (χ4n) is 1.40. The normalized spacial score (nSPS) is 12.2. The Kier molecular flexibility index (Phi) is 8.12. The summed E-state index contributed by atoms with van der Waals surface area (Å²) in [6.07, 6.45) is -3.81. The average molecular weight is 327 g/mol. The molecule has 1 amide bonds. The van der Waals surface area contributed by atoms with Gasteiger partial charge in [0, 0.05) is 12.6 Å². The molecule has 0 aliphatic carbocycles. The molecule has 120 valence electrons. The van der Waals surface area contributed by atoms with Gasteiger partial charge in [-0.25, -0.2) is 0 Å². The highest BCUT2D eigenvalue weighted by Gasteiger charge is 2.30. The van der Waals surface area contributed by atoms with E-state index in [0.717, 1.165) is 12.1 Å². The van der Waals surface area contributed by atoms with E-state index in [1.807, 2.05) is 6.92 Å². The van der Waals surface area contributed by atoms with Gasteiger partial charge in [0.25, 0.3) is 5.91 Å². The highest BCUT2D eigenvalue weighted by molar-refractivity contribution is 5.85. The summed E-state index contributed by atoms with van der Waals surface area (Å²) in [4.78, 5) is 11.4. The lowest BCUT2D eigenvalue weighted by molar-refractivity contribution is -0.137. The van der Waals surface area contributed by atoms with Crippen molar-refractivity contribution in [3.63, 3.8) is 0 Å². The van der Waals surface area contributed by atoms with Gasteiger partial charge in [-0.1, -0.05) is 6.07 Å². The van der Waals surface area contributed by atoms with Crippen LogP contribution >= 0.6 is 12.4 Å². The number of halogens is 4. The summed E-state index contributed by atoms with van der Waals surface area (Å²) < 4.78 is 42.4. The van der Waals surface area contributed by atoms with Crippen LogP contribution in [0.15, 0.2) is 24.3 Å². The molecular weight excluding hydrogens is 309 g/mol. The van der Waals surface area contributed by atoms with Gasteiger partial charge in [-0.3, -0.25) is 4.79 Å². The standard InChI is InChI=1S/C13H17F3N2O2.ClH/c1-9(17)5-6-18-12(19)8-20-11-4-2-3-10(7-11)13(14,15)16;/h2-4,7,9H,5-6,8,17H2,1H3,(H,18,19);1H. The Hall–Kier alpha value is -1.47. The third kappa shape index (κ3) is 7.77. The average Bonchev–Trinajstić information content (AvgIpc) is 2.35. The molecule has 0 bridgehead atoms. The number of hydrogen-bond donors (Lipinski definition) is 2. The summed E-state index contributed by atoms with van der Waals surface area (Å²) in [5.41, 5.74) is 4.70. The number of alkyl halides is 3. The van der Waals surface area contributed by atoms with Crippen LogP contribution in [0.1, 0.15) is 18.9 Å². The maximum Gasteiger partial charge on any atom is 0.416 e. The molecule has 4 nitrogen and oxygen atoms in total. The molecule has 21 heavy (non-hydrogen) atoms. The van der Waals surface area contributed by atoms with Crippen LogP contribution in [0.4, 0.5) is 13.2 Å². The van der Waals surface area contributed by atoms with E-state index >= 15 is 0 Å². The van der Waals surface area contributed by atoms with Crippen LogP contribution in [0.2, 0.25) is 0 Å². The first kappa shape index (κ1) is 19.5. The highest BCUT2D eigenvalue weighted by atomic mass is 35.5. The SMILES string of the molecule is CC(N)CCNC(=O)COc1cccc(C(F)(F)F)c1.Cl. The topological polar surface area (TPSA) is 64.3 Å². The zero-order chi connectivity index (χ0) is 15.2. The lowest BCUT2D eigenvalue weighted by Gasteiger charge is -2.11. The molecule has 0 aliphatic heterocycles. The molecule has 0 aromatic heterocycles. The number of ether oxygens (including phenoxy) is 1. The van der Waals surface area contributed by atoms with E-state index in [1.165, 1.54) is 12.1 Å². The Morgan fingerprint density at radius 3 is 2.67 bits per heavy atom. The Morgan fingerprint density at radius 2 is 2.10 bits per heavy atom. The number of nitrogens with two attached hydrogens (primary N) is 1. The van der Waals surface area contributed by atoms with E-state index in [0.29, 0.717) is 13.0 Å². The maximum absolute atomic E-state index is 12.5. The minimum Gasteiger partial charge on any atom is -0.484 e. The first-order valence-corrected chi connectivity index (χ1v) is 6.11. The van der Waals surface area contributed by atoms with Gasteiger partial charge in [-0.05, 0) is 31.5 Å². The number of nitrogens with one attached hydrogen (secondary N) is 1. The van der Waals surface area contributed by atoms with Crippen molar-refractivity contribution in [3.8, 4) is 5.75 Å². The lowest BCUT2D eigenvalue weighted by Crippen LogP contribution is -2.32. The van der Waals surface area contributed by atoms with Crippen molar-refractivity contribution >= 4 is 18.3 Å². The minimum atomic E-state index is -4.43. The molecular formula is C13H18ClF3N2O2. The molecule has 1 aromatic carbocycles. The van der Waals surface area contributed by atoms with Gasteiger partial charge in [-0.15, -0.1) is 12.4 Å². The van der Waals surface area contributed by atoms with Crippen LogP contribution < -0.4 is 15.8 Å². The monoisotopic (exact) mass is 326 g/mol. The molecule has 1 aromatic rings. The van der Waals surface area contributed by atoms with E-state index in [9.17, 15) is 18.0 Å². The molecule has 1 atom stereocenters. The van der Waals surface area contributed by atoms with Gasteiger partial charge in [0.15, 0.2) is 6.61 Å². The molecule has 1 unspecified atom stereocenters. The predicted molar refractivity (Wildman–Crippen MR) is 75.5 cm³/mol. The number of rotatable bonds is 6. The van der Waals surface area contributed by atoms with Crippen LogP contribution in [0, 0.1) is 0 Å². The summed E-state index contributed by atoms with van der Waals surface area (Å²) >= 11 is 0. The number of carbonyl (C=O) groups is 1. The molecule has 1 rings (SSSR count). The third-order valence-corrected chi connectivity index (χ3v) is 2.45. The summed E-state index contributed by atoms with van der Waals surface area (Å²) in [6, 6.07) is 4.36. The third-order valence-electron chi connectivity index (χ3n) is 2.45. The first-order valence-electron chi connectivity index (χ1n) is 6.11. The lowest BCUT2D eigenvalue weighted by atomic mass is 10.2. The van der Waals surface area contributed by atoms with E-state index in [2.05, 4.69) is 5.32 Å². The largest absolute Gasteiger partial charge is 0.484 e. The summed E-state index contributed by atoms with van der Waals surface area (Å²) in [7, 11) is 0. The van der Waals surface area contributed by atoms with Crippen molar-refractivity contribution in [2.45, 2.75) is 25.6 Å². The molecule has 0 heterocycles. The predicted octanol–water partition coefficient (Wildman–Crippen LogP) is 2.36. The molecule has 0 aliphatic rings. The zero-order valence-electron chi connectivity index (χ0n) is 11.4. The molecule has 8 heteroatoms. The quantitative estimate of drug-likeness (QED) is 0.843. The van der Waals surface area contributed by atoms with Gasteiger partial charge in [-0.2, -0.15) is 13.2 Å². The van der Waals surface area contributed by atoms with E-state index < -0.39 is 17.6 Å². The highest BCUT2D eigenvalue weighted by Crippen LogP contribution is 2.31. The van der Waals surface area contributed by atoms with Crippen molar-refractivity contribution < 1.29 is 22.7 Å². The number of amides is 1. The van der Waals surface area contributed by atoms with Crippen LogP contribution in [-0.2, 0) is 11.0 Å². The Balaban J connectivity index is 0.00000400. The summed E-state index contributed by atoms with van der Waals surface area (Å²) in [5.74, 6) is -0.398.